The first-order valence-corrected chi connectivity index (χ1v) is 9.61. The van der Waals surface area contributed by atoms with Crippen molar-refractivity contribution in [3.8, 4) is 28.3 Å². The van der Waals surface area contributed by atoms with E-state index in [2.05, 4.69) is 21.2 Å². The predicted molar refractivity (Wildman–Crippen MR) is 105 cm³/mol. The summed E-state index contributed by atoms with van der Waals surface area (Å²) < 4.78 is 20.5. The molecule has 0 radical (unpaired) electrons. The van der Waals surface area contributed by atoms with Crippen LogP contribution in [-0.2, 0) is 5.54 Å². The molecule has 2 aliphatic rings. The Balaban J connectivity index is 1.59. The fourth-order valence-electron chi connectivity index (χ4n) is 4.36. The van der Waals surface area contributed by atoms with Gasteiger partial charge in [-0.2, -0.15) is 4.39 Å². The summed E-state index contributed by atoms with van der Waals surface area (Å²) in [6, 6.07) is 10.9. The van der Waals surface area contributed by atoms with Crippen molar-refractivity contribution in [1.82, 2.24) is 24.6 Å². The number of hydrogen-bond donors (Lipinski definition) is 0. The molecule has 7 nitrogen and oxygen atoms in total. The van der Waals surface area contributed by atoms with Crippen LogP contribution < -0.4 is 0 Å². The number of rotatable bonds is 2. The Bertz CT molecular complexity index is 1290. The second-order valence-electron chi connectivity index (χ2n) is 7.73. The van der Waals surface area contributed by atoms with Crippen molar-refractivity contribution in [1.29, 1.82) is 0 Å². The van der Waals surface area contributed by atoms with Crippen molar-refractivity contribution < 1.29 is 13.6 Å². The zero-order valence-electron chi connectivity index (χ0n) is 16.0. The van der Waals surface area contributed by atoms with E-state index in [-0.39, 0.29) is 11.4 Å². The maximum absolute atomic E-state index is 13.3. The van der Waals surface area contributed by atoms with Crippen LogP contribution >= 0.6 is 0 Å². The molecule has 8 heteroatoms. The molecule has 30 heavy (non-hydrogen) atoms. The van der Waals surface area contributed by atoms with E-state index in [1.165, 1.54) is 18.7 Å². The van der Waals surface area contributed by atoms with Crippen LogP contribution in [0.4, 0.5) is 4.39 Å². The van der Waals surface area contributed by atoms with E-state index in [4.69, 9.17) is 4.42 Å². The number of hydrogen-bond acceptors (Lipinski definition) is 5. The maximum atomic E-state index is 13.3. The molecule has 1 fully saturated rings. The Labute approximate surface area is 170 Å². The van der Waals surface area contributed by atoms with Gasteiger partial charge in [0.2, 0.25) is 18.2 Å². The smallest absolute Gasteiger partial charge is 0.271 e. The first-order chi connectivity index (χ1) is 14.6. The molecule has 0 unspecified atom stereocenters. The Morgan fingerprint density at radius 2 is 1.93 bits per heavy atom. The predicted octanol–water partition coefficient (Wildman–Crippen LogP) is 3.80. The number of benzene rings is 1. The van der Waals surface area contributed by atoms with Crippen molar-refractivity contribution in [2.75, 3.05) is 7.05 Å². The van der Waals surface area contributed by atoms with Crippen molar-refractivity contribution in [3.05, 3.63) is 72.4 Å². The van der Waals surface area contributed by atoms with E-state index in [1.807, 2.05) is 34.8 Å². The average molecular weight is 401 g/mol. The average Bonchev–Trinajstić information content (AvgIpc) is 3.19. The first kappa shape index (κ1) is 17.1. The summed E-state index contributed by atoms with van der Waals surface area (Å²) in [6.07, 6.45) is 6.46. The SMILES string of the molecule is CN1C(=O)c2cc(-c3nnco3)cn2-c2cc(-c3ccc(F)nc3)ccc2C12CC2. The fourth-order valence-corrected chi connectivity index (χ4v) is 4.36. The minimum atomic E-state index is -0.519. The van der Waals surface area contributed by atoms with E-state index in [1.54, 1.807) is 12.1 Å². The summed E-state index contributed by atoms with van der Waals surface area (Å²) in [5.41, 5.74) is 4.61. The van der Waals surface area contributed by atoms with Crippen LogP contribution in [0, 0.1) is 5.95 Å². The first-order valence-electron chi connectivity index (χ1n) is 9.61. The van der Waals surface area contributed by atoms with Gasteiger partial charge in [-0.3, -0.25) is 4.79 Å². The summed E-state index contributed by atoms with van der Waals surface area (Å²) in [6.45, 7) is 0. The van der Waals surface area contributed by atoms with Crippen LogP contribution in [-0.4, -0.2) is 37.6 Å². The van der Waals surface area contributed by atoms with Gasteiger partial charge in [0, 0.05) is 30.6 Å². The summed E-state index contributed by atoms with van der Waals surface area (Å²) in [4.78, 5) is 18.9. The molecular weight excluding hydrogens is 385 g/mol. The number of carbonyl (C=O) groups excluding carboxylic acids is 1. The largest absolute Gasteiger partial charge is 0.423 e. The lowest BCUT2D eigenvalue weighted by molar-refractivity contribution is 0.0705. The van der Waals surface area contributed by atoms with Crippen LogP contribution in [0.3, 0.4) is 0 Å². The number of amides is 1. The highest BCUT2D eigenvalue weighted by Gasteiger charge is 2.53. The van der Waals surface area contributed by atoms with Crippen LogP contribution in [0.5, 0.6) is 0 Å². The molecule has 0 N–H and O–H groups in total. The monoisotopic (exact) mass is 401 g/mol. The van der Waals surface area contributed by atoms with Gasteiger partial charge in [-0.15, -0.1) is 10.2 Å². The Morgan fingerprint density at radius 3 is 2.63 bits per heavy atom. The Hall–Kier alpha value is -3.81. The zero-order chi connectivity index (χ0) is 20.5. The molecule has 1 amide bonds. The fraction of sp³-hybridized carbons (Fsp3) is 0.182. The van der Waals surface area contributed by atoms with Gasteiger partial charge in [-0.05, 0) is 42.7 Å². The van der Waals surface area contributed by atoms with Gasteiger partial charge in [-0.1, -0.05) is 12.1 Å². The third-order valence-electron chi connectivity index (χ3n) is 6.14. The van der Waals surface area contributed by atoms with Gasteiger partial charge in [0.05, 0.1) is 16.8 Å². The van der Waals surface area contributed by atoms with Crippen molar-refractivity contribution in [3.63, 3.8) is 0 Å². The van der Waals surface area contributed by atoms with Crippen molar-refractivity contribution in [2.24, 2.45) is 0 Å². The number of halogens is 1. The lowest BCUT2D eigenvalue weighted by Crippen LogP contribution is -2.36. The molecule has 0 saturated heterocycles. The van der Waals surface area contributed by atoms with Gasteiger partial charge >= 0.3 is 0 Å². The standard InChI is InChI=1S/C22H16FN5O2/c1-27-21(29)18-9-15(20-26-25-12-30-20)11-28(18)17-8-13(14-3-5-19(23)24-10-14)2-4-16(17)22(27)6-7-22/h2-5,8-12H,6-7H2,1H3. The second-order valence-corrected chi connectivity index (χ2v) is 7.73. The molecule has 148 valence electrons. The van der Waals surface area contributed by atoms with Crippen LogP contribution in [0.1, 0.15) is 28.9 Å². The quantitative estimate of drug-likeness (QED) is 0.478. The topological polar surface area (TPSA) is 77.0 Å². The second kappa shape index (κ2) is 5.85. The van der Waals surface area contributed by atoms with E-state index in [9.17, 15) is 9.18 Å². The number of aromatic nitrogens is 4. The molecule has 4 heterocycles. The van der Waals surface area contributed by atoms with E-state index < -0.39 is 5.95 Å². The molecule has 0 bridgehead atoms. The van der Waals surface area contributed by atoms with E-state index >= 15 is 0 Å². The molecule has 0 atom stereocenters. The number of nitrogens with zero attached hydrogens (tertiary/aromatic N) is 5. The summed E-state index contributed by atoms with van der Waals surface area (Å²) >= 11 is 0. The molecule has 3 aromatic heterocycles. The van der Waals surface area contributed by atoms with Gasteiger partial charge in [0.15, 0.2) is 0 Å². The Morgan fingerprint density at radius 1 is 1.10 bits per heavy atom. The summed E-state index contributed by atoms with van der Waals surface area (Å²) in [5.74, 6) is -0.221. The molecule has 1 aliphatic heterocycles. The normalized spacial score (nSPS) is 16.3. The van der Waals surface area contributed by atoms with Crippen LogP contribution in [0.2, 0.25) is 0 Å². The Kier molecular flexibility index (Phi) is 3.33. The van der Waals surface area contributed by atoms with Gasteiger partial charge in [0.1, 0.15) is 5.69 Å². The molecule has 1 spiro atoms. The van der Waals surface area contributed by atoms with Gasteiger partial charge < -0.3 is 13.9 Å². The minimum absolute atomic E-state index is 0.0561. The van der Waals surface area contributed by atoms with Crippen LogP contribution in [0.15, 0.2) is 59.6 Å². The molecule has 6 rings (SSSR count). The third-order valence-corrected chi connectivity index (χ3v) is 6.14. The summed E-state index contributed by atoms with van der Waals surface area (Å²) in [7, 11) is 1.85. The van der Waals surface area contributed by atoms with Gasteiger partial charge in [0.25, 0.3) is 5.91 Å². The lowest BCUT2D eigenvalue weighted by Gasteiger charge is -2.27. The highest BCUT2D eigenvalue weighted by Crippen LogP contribution is 2.54. The molecule has 4 aromatic rings. The molecule has 1 aliphatic carbocycles. The van der Waals surface area contributed by atoms with Crippen LogP contribution in [0.25, 0.3) is 28.3 Å². The number of pyridine rings is 1. The zero-order valence-corrected chi connectivity index (χ0v) is 16.0. The van der Waals surface area contributed by atoms with Gasteiger partial charge in [-0.25, -0.2) is 4.98 Å². The van der Waals surface area contributed by atoms with E-state index in [0.717, 1.165) is 35.2 Å². The molecule has 1 saturated carbocycles. The molecular formula is C22H16FN5O2. The third kappa shape index (κ3) is 2.30. The molecule has 1 aromatic carbocycles. The number of carbonyl (C=O) groups is 1. The number of fused-ring (bicyclic) bond motifs is 4. The lowest BCUT2D eigenvalue weighted by atomic mass is 9.97. The highest BCUT2D eigenvalue weighted by molar-refractivity contribution is 5.97. The van der Waals surface area contributed by atoms with Crippen molar-refractivity contribution in [2.45, 2.75) is 18.4 Å². The van der Waals surface area contributed by atoms with Crippen molar-refractivity contribution >= 4 is 5.91 Å². The highest BCUT2D eigenvalue weighted by atomic mass is 19.1. The minimum Gasteiger partial charge on any atom is -0.423 e. The maximum Gasteiger partial charge on any atom is 0.271 e. The van der Waals surface area contributed by atoms with E-state index in [0.29, 0.717) is 17.1 Å². The summed E-state index contributed by atoms with van der Waals surface area (Å²) in [5, 5.41) is 7.71.